The van der Waals surface area contributed by atoms with Gasteiger partial charge >= 0.3 is 0 Å². The first-order chi connectivity index (χ1) is 24.6. The molecule has 0 saturated heterocycles. The van der Waals surface area contributed by atoms with Gasteiger partial charge in [-0.25, -0.2) is 4.90 Å². The minimum atomic E-state index is -0.455. The number of ether oxygens (including phenoxy) is 2. The fraction of sp³-hybridized carbons (Fsp3) is 0.209. The van der Waals surface area contributed by atoms with E-state index in [1.165, 1.54) is 26.3 Å². The molecule has 0 unspecified atom stereocenters. The third-order valence-electron chi connectivity index (χ3n) is 7.86. The van der Waals surface area contributed by atoms with Gasteiger partial charge in [-0.15, -0.1) is 0 Å². The zero-order valence-electron chi connectivity index (χ0n) is 30.1. The number of amides is 4. The Hall–Kier alpha value is -6.02. The predicted molar refractivity (Wildman–Crippen MR) is 203 cm³/mol. The van der Waals surface area contributed by atoms with Crippen LogP contribution in [0.3, 0.4) is 0 Å². The maximum Gasteiger partial charge on any atom is 0.266 e. The third kappa shape index (κ3) is 8.78. The number of unbranched alkanes of at least 4 members (excludes halogenated alkanes) is 1. The zero-order valence-corrected chi connectivity index (χ0v) is 30.1. The molecule has 0 aromatic heterocycles. The lowest BCUT2D eigenvalue weighted by molar-refractivity contribution is 0.0692. The largest absolute Gasteiger partial charge is 0.465 e. The molecule has 8 heteroatoms. The summed E-state index contributed by atoms with van der Waals surface area (Å²) >= 11 is 0. The number of hydrogen-bond acceptors (Lipinski definition) is 6. The highest BCUT2D eigenvalue weighted by Crippen LogP contribution is 2.35. The van der Waals surface area contributed by atoms with Gasteiger partial charge in [-0.3, -0.25) is 24.1 Å². The minimum Gasteiger partial charge on any atom is -0.465 e. The van der Waals surface area contributed by atoms with Gasteiger partial charge in [-0.1, -0.05) is 83.9 Å². The summed E-state index contributed by atoms with van der Waals surface area (Å²) in [7, 11) is 1.44. The van der Waals surface area contributed by atoms with Gasteiger partial charge in [0, 0.05) is 13.1 Å². The van der Waals surface area contributed by atoms with Crippen molar-refractivity contribution in [2.45, 2.75) is 53.9 Å². The first-order valence-corrected chi connectivity index (χ1v) is 17.1. The van der Waals surface area contributed by atoms with Gasteiger partial charge in [0.15, 0.2) is 0 Å². The van der Waals surface area contributed by atoms with Crippen molar-refractivity contribution in [3.8, 4) is 28.4 Å². The normalized spacial score (nSPS) is 13.3. The molecule has 2 aliphatic heterocycles. The van der Waals surface area contributed by atoms with E-state index in [1.54, 1.807) is 85.1 Å². The molecule has 2 heterocycles. The molecule has 262 valence electrons. The molecule has 0 aliphatic carbocycles. The second-order valence-electron chi connectivity index (χ2n) is 12.0. The number of benzene rings is 4. The number of hydrogen-bond donors (Lipinski definition) is 0. The predicted octanol–water partition coefficient (Wildman–Crippen LogP) is 10.4. The summed E-state index contributed by atoms with van der Waals surface area (Å²) in [5.41, 5.74) is 3.90. The van der Waals surface area contributed by atoms with E-state index < -0.39 is 11.8 Å². The van der Waals surface area contributed by atoms with Crippen molar-refractivity contribution in [2.75, 3.05) is 11.9 Å². The van der Waals surface area contributed by atoms with Crippen molar-refractivity contribution in [3.05, 3.63) is 144 Å². The summed E-state index contributed by atoms with van der Waals surface area (Å²) < 4.78 is 11.6. The second-order valence-corrected chi connectivity index (χ2v) is 12.0. The van der Waals surface area contributed by atoms with Crippen molar-refractivity contribution in [2.24, 2.45) is 0 Å². The van der Waals surface area contributed by atoms with Gasteiger partial charge in [0.05, 0.1) is 34.2 Å². The smallest absolute Gasteiger partial charge is 0.266 e. The molecule has 4 amide bonds. The van der Waals surface area contributed by atoms with Gasteiger partial charge in [0.1, 0.15) is 17.2 Å². The van der Waals surface area contributed by atoms with Gasteiger partial charge in [0.25, 0.3) is 23.6 Å². The first-order valence-electron chi connectivity index (χ1n) is 17.1. The van der Waals surface area contributed by atoms with Crippen molar-refractivity contribution in [3.63, 3.8) is 0 Å². The maximum atomic E-state index is 13.4. The van der Waals surface area contributed by atoms with Crippen LogP contribution < -0.4 is 14.4 Å². The van der Waals surface area contributed by atoms with Gasteiger partial charge in [0.2, 0.25) is 0 Å². The second kappa shape index (κ2) is 17.6. The highest BCUT2D eigenvalue weighted by molar-refractivity contribution is 6.34. The summed E-state index contributed by atoms with van der Waals surface area (Å²) in [4.78, 5) is 53.6. The van der Waals surface area contributed by atoms with Crippen LogP contribution in [0.25, 0.3) is 11.1 Å². The van der Waals surface area contributed by atoms with Crippen LogP contribution in [-0.2, 0) is 0 Å². The fourth-order valence-electron chi connectivity index (χ4n) is 5.07. The van der Waals surface area contributed by atoms with Crippen LogP contribution in [-0.4, -0.2) is 35.6 Å². The molecular formula is C43H44N2O6. The van der Waals surface area contributed by atoms with Gasteiger partial charge in [-0.2, -0.15) is 0 Å². The molecule has 8 nitrogen and oxygen atoms in total. The zero-order chi connectivity index (χ0) is 37.1. The number of anilines is 1. The first kappa shape index (κ1) is 37.8. The Kier molecular flexibility index (Phi) is 13.0. The van der Waals surface area contributed by atoms with Crippen LogP contribution in [0.1, 0.15) is 95.3 Å². The summed E-state index contributed by atoms with van der Waals surface area (Å²) in [5, 5.41) is 0. The molecule has 0 fully saturated rings. The number of imide groups is 2. The molecule has 0 spiro atoms. The van der Waals surface area contributed by atoms with E-state index in [0.29, 0.717) is 45.2 Å². The average molecular weight is 685 g/mol. The molecule has 0 bridgehead atoms. The summed E-state index contributed by atoms with van der Waals surface area (Å²) in [6.45, 7) is 14.2. The quantitative estimate of drug-likeness (QED) is 0.0990. The molecule has 4 aromatic rings. The molecule has 4 aromatic carbocycles. The Morgan fingerprint density at radius 2 is 1.20 bits per heavy atom. The maximum absolute atomic E-state index is 13.4. The Morgan fingerprint density at radius 1 is 0.667 bits per heavy atom. The molecule has 0 radical (unpaired) electrons. The average Bonchev–Trinajstić information content (AvgIpc) is 3.51. The number of allylic oxidation sites excluding steroid dienone is 4. The van der Waals surface area contributed by atoms with E-state index in [1.807, 2.05) is 31.2 Å². The monoisotopic (exact) mass is 684 g/mol. The van der Waals surface area contributed by atoms with Crippen molar-refractivity contribution < 1.29 is 28.7 Å². The van der Waals surface area contributed by atoms with E-state index in [9.17, 15) is 19.2 Å². The molecule has 0 atom stereocenters. The van der Waals surface area contributed by atoms with Crippen LogP contribution in [0, 0.1) is 0 Å². The molecular weight excluding hydrogens is 640 g/mol. The van der Waals surface area contributed by atoms with E-state index >= 15 is 0 Å². The van der Waals surface area contributed by atoms with Crippen LogP contribution in [0.4, 0.5) is 5.69 Å². The van der Waals surface area contributed by atoms with E-state index in [-0.39, 0.29) is 22.9 Å². The van der Waals surface area contributed by atoms with Gasteiger partial charge < -0.3 is 9.47 Å². The topological polar surface area (TPSA) is 93.2 Å². The van der Waals surface area contributed by atoms with Crippen molar-refractivity contribution >= 4 is 29.3 Å². The van der Waals surface area contributed by atoms with E-state index in [0.717, 1.165) is 15.4 Å². The number of nitrogens with zero attached hydrogens (tertiary/aromatic N) is 2. The number of carbonyl (C=O) groups is 4. The van der Waals surface area contributed by atoms with Crippen molar-refractivity contribution in [1.82, 2.24) is 4.90 Å². The Bertz CT molecular complexity index is 1990. The molecule has 6 rings (SSSR count). The van der Waals surface area contributed by atoms with Crippen LogP contribution in [0.5, 0.6) is 17.2 Å². The number of rotatable bonds is 9. The molecule has 0 saturated carbocycles. The third-order valence-corrected chi connectivity index (χ3v) is 7.86. The van der Waals surface area contributed by atoms with Crippen LogP contribution >= 0.6 is 0 Å². The number of carbonyl (C=O) groups excluding carboxylic acids is 4. The summed E-state index contributed by atoms with van der Waals surface area (Å²) in [6.07, 6.45) is 10.9. The van der Waals surface area contributed by atoms with Crippen molar-refractivity contribution in [1.29, 1.82) is 0 Å². The lowest BCUT2D eigenvalue weighted by Gasteiger charge is -2.14. The molecule has 0 N–H and O–H groups in total. The Morgan fingerprint density at radius 3 is 1.78 bits per heavy atom. The summed E-state index contributed by atoms with van der Waals surface area (Å²) in [6, 6.07) is 23.8. The highest BCUT2D eigenvalue weighted by Gasteiger charge is 2.37. The lowest BCUT2D eigenvalue weighted by Crippen LogP contribution is -2.29. The number of fused-ring (bicyclic) bond motifs is 2. The van der Waals surface area contributed by atoms with Crippen LogP contribution in [0.15, 0.2) is 122 Å². The van der Waals surface area contributed by atoms with E-state index in [2.05, 4.69) is 34.3 Å². The van der Waals surface area contributed by atoms with Crippen LogP contribution in [0.2, 0.25) is 0 Å². The fourth-order valence-corrected chi connectivity index (χ4v) is 5.07. The highest BCUT2D eigenvalue weighted by atomic mass is 16.5. The lowest BCUT2D eigenvalue weighted by atomic mass is 9.97. The van der Waals surface area contributed by atoms with E-state index in [4.69, 9.17) is 9.47 Å². The van der Waals surface area contributed by atoms with Gasteiger partial charge in [-0.05, 0) is 90.4 Å². The molecule has 51 heavy (non-hydrogen) atoms. The molecule has 2 aliphatic rings. The minimum absolute atomic E-state index is 0.258. The standard InChI is InChI=1S/C36H26N2O6.C4H10.C3H8/c1-4-6-22(2)17-18-43-27-7-5-8-28(21-27)44-26-13-11-25(12-14-26)38-35(41)30-16-10-24(20-32(30)36(38)42)23-9-15-29-31(19-23)34(40)37(3)33(29)39;1-3-4-2;1-3-2/h4-21H,1H2,2-3H3;3-4H2,1-2H3;3H2,1-2H3/b18-17-,22-6-;;. The Balaban J connectivity index is 0.000000767. The SMILES string of the molecule is C=C/C=C(C)\C=C/Oc1cccc(Oc2ccc(N3C(=O)c4ccc(-c5ccc6c(c5)C(=O)N(C)C6=O)cc4C3=O)cc2)c1.CCC.CCCC. The summed E-state index contributed by atoms with van der Waals surface area (Å²) in [5.74, 6) is 0.0520. The Labute approximate surface area is 300 Å².